The van der Waals surface area contributed by atoms with Crippen molar-refractivity contribution in [2.24, 2.45) is 5.92 Å². The number of rotatable bonds is 3. The van der Waals surface area contributed by atoms with Gasteiger partial charge in [-0.1, -0.05) is 41.9 Å². The van der Waals surface area contributed by atoms with E-state index >= 15 is 0 Å². The highest BCUT2D eigenvalue weighted by atomic mass is 79.9. The number of nitrogens with zero attached hydrogens (tertiary/aromatic N) is 1. The van der Waals surface area contributed by atoms with Gasteiger partial charge in [-0.05, 0) is 73.3 Å². The maximum absolute atomic E-state index is 13.6. The van der Waals surface area contributed by atoms with Crippen LogP contribution in [0.15, 0.2) is 51.7 Å². The molecule has 5 rings (SSSR count). The van der Waals surface area contributed by atoms with E-state index in [0.717, 1.165) is 57.5 Å². The number of amides is 1. The van der Waals surface area contributed by atoms with Gasteiger partial charge >= 0.3 is 6.09 Å². The van der Waals surface area contributed by atoms with Gasteiger partial charge in [-0.2, -0.15) is 0 Å². The second-order valence-electron chi connectivity index (χ2n) is 11.8. The maximum Gasteiger partial charge on any atom is 0.410 e. The molecule has 0 spiro atoms. The smallest absolute Gasteiger partial charge is 0.410 e. The zero-order chi connectivity index (χ0) is 25.8. The summed E-state index contributed by atoms with van der Waals surface area (Å²) < 4.78 is 12.9. The lowest BCUT2D eigenvalue weighted by molar-refractivity contribution is 0.0165. The van der Waals surface area contributed by atoms with Crippen molar-refractivity contribution in [3.05, 3.63) is 62.8 Å². The van der Waals surface area contributed by atoms with Gasteiger partial charge in [-0.3, -0.25) is 4.79 Å². The Hall–Kier alpha value is -2.54. The highest BCUT2D eigenvalue weighted by Gasteiger charge is 2.46. The molecule has 1 amide bonds. The van der Waals surface area contributed by atoms with Crippen LogP contribution in [0.1, 0.15) is 69.8 Å². The molecule has 1 fully saturated rings. The number of allylic oxidation sites excluding steroid dienone is 3. The first-order valence-corrected chi connectivity index (χ1v) is 13.6. The summed E-state index contributed by atoms with van der Waals surface area (Å²) in [5, 5.41) is 3.65. The van der Waals surface area contributed by atoms with Crippen LogP contribution in [-0.2, 0) is 10.2 Å². The summed E-state index contributed by atoms with van der Waals surface area (Å²) in [7, 11) is 0. The number of hydrogen-bond acceptors (Lipinski definition) is 5. The van der Waals surface area contributed by atoms with Gasteiger partial charge in [0.15, 0.2) is 5.78 Å². The average Bonchev–Trinajstić information content (AvgIpc) is 3.20. The van der Waals surface area contributed by atoms with Crippen molar-refractivity contribution in [1.82, 2.24) is 10.2 Å². The molecule has 7 heteroatoms. The van der Waals surface area contributed by atoms with Gasteiger partial charge in [0.2, 0.25) is 0 Å². The first kappa shape index (κ1) is 25.1. The van der Waals surface area contributed by atoms with E-state index in [9.17, 15) is 9.59 Å². The number of carbonyl (C=O) groups is 2. The van der Waals surface area contributed by atoms with Crippen LogP contribution in [-0.4, -0.2) is 48.1 Å². The second kappa shape index (κ2) is 9.09. The van der Waals surface area contributed by atoms with Crippen molar-refractivity contribution in [1.29, 1.82) is 0 Å². The van der Waals surface area contributed by atoms with Crippen molar-refractivity contribution in [2.45, 2.75) is 70.9 Å². The number of benzene rings is 1. The molecular weight excluding hydrogens is 520 g/mol. The summed E-state index contributed by atoms with van der Waals surface area (Å²) in [6, 6.07) is 6.01. The number of fused-ring (bicyclic) bond motifs is 3. The third-order valence-electron chi connectivity index (χ3n) is 7.59. The van der Waals surface area contributed by atoms with E-state index in [1.54, 1.807) is 4.90 Å². The number of hydrogen-bond donors (Lipinski definition) is 1. The highest BCUT2D eigenvalue weighted by molar-refractivity contribution is 9.11. The fourth-order valence-electron chi connectivity index (χ4n) is 5.60. The molecule has 0 aromatic heterocycles. The largest absolute Gasteiger partial charge is 0.493 e. The fourth-order valence-corrected chi connectivity index (χ4v) is 6.06. The molecule has 4 aliphatic rings. The van der Waals surface area contributed by atoms with Crippen LogP contribution in [0.4, 0.5) is 4.79 Å². The molecule has 6 nitrogen and oxygen atoms in total. The third-order valence-corrected chi connectivity index (χ3v) is 8.18. The van der Waals surface area contributed by atoms with Gasteiger partial charge in [0.1, 0.15) is 11.4 Å². The number of nitrogens with one attached hydrogen (secondary N) is 1. The molecule has 192 valence electrons. The van der Waals surface area contributed by atoms with E-state index in [1.807, 2.05) is 45.0 Å². The minimum absolute atomic E-state index is 0.0908. The number of ether oxygens (including phenoxy) is 2. The van der Waals surface area contributed by atoms with Crippen LogP contribution in [0.5, 0.6) is 5.75 Å². The van der Waals surface area contributed by atoms with E-state index in [2.05, 4.69) is 41.2 Å². The molecule has 1 aromatic carbocycles. The van der Waals surface area contributed by atoms with E-state index in [4.69, 9.17) is 9.47 Å². The number of carbonyl (C=O) groups excluding carboxylic acids is 2. The molecule has 1 N–H and O–H groups in total. The normalized spacial score (nSPS) is 23.2. The lowest BCUT2D eigenvalue weighted by Gasteiger charge is -2.35. The van der Waals surface area contributed by atoms with Crippen molar-refractivity contribution in [3.63, 3.8) is 0 Å². The summed E-state index contributed by atoms with van der Waals surface area (Å²) in [5.41, 5.74) is 3.89. The Labute approximate surface area is 221 Å². The van der Waals surface area contributed by atoms with Gasteiger partial charge in [0, 0.05) is 41.8 Å². The Balaban J connectivity index is 1.26. The summed E-state index contributed by atoms with van der Waals surface area (Å²) in [4.78, 5) is 27.7. The molecule has 0 radical (unpaired) electrons. The van der Waals surface area contributed by atoms with Crippen LogP contribution < -0.4 is 10.1 Å². The van der Waals surface area contributed by atoms with Crippen LogP contribution in [0.25, 0.3) is 0 Å². The van der Waals surface area contributed by atoms with Gasteiger partial charge in [0.25, 0.3) is 0 Å². The van der Waals surface area contributed by atoms with Crippen LogP contribution in [0, 0.1) is 5.92 Å². The van der Waals surface area contributed by atoms with Crippen LogP contribution >= 0.6 is 15.9 Å². The number of halogens is 1. The van der Waals surface area contributed by atoms with Gasteiger partial charge in [0.05, 0.1) is 12.6 Å². The Morgan fingerprint density at radius 1 is 1.19 bits per heavy atom. The second-order valence-corrected chi connectivity index (χ2v) is 12.8. The van der Waals surface area contributed by atoms with Crippen molar-refractivity contribution >= 4 is 27.8 Å². The monoisotopic (exact) mass is 554 g/mol. The topological polar surface area (TPSA) is 67.9 Å². The lowest BCUT2D eigenvalue weighted by atomic mass is 9.71. The molecule has 1 unspecified atom stereocenters. The molecular formula is C29H35BrN2O4. The third kappa shape index (κ3) is 4.62. The van der Waals surface area contributed by atoms with E-state index in [0.29, 0.717) is 25.6 Å². The quantitative estimate of drug-likeness (QED) is 0.494. The van der Waals surface area contributed by atoms with Crippen molar-refractivity contribution in [2.75, 3.05) is 19.7 Å². The Morgan fingerprint density at radius 3 is 2.61 bits per heavy atom. The molecule has 2 heterocycles. The highest BCUT2D eigenvalue weighted by Crippen LogP contribution is 2.48. The zero-order valence-electron chi connectivity index (χ0n) is 21.7. The molecule has 36 heavy (non-hydrogen) atoms. The summed E-state index contributed by atoms with van der Waals surface area (Å²) in [6.45, 7) is 12.0. The molecule has 2 aliphatic carbocycles. The predicted molar refractivity (Wildman–Crippen MR) is 143 cm³/mol. The summed E-state index contributed by atoms with van der Waals surface area (Å²) in [6.07, 6.45) is 6.49. The van der Waals surface area contributed by atoms with E-state index in [-0.39, 0.29) is 23.3 Å². The summed E-state index contributed by atoms with van der Waals surface area (Å²) in [5.74, 6) is 1.25. The standard InChI is InChI=1S/C29H35BrN2O4/c1-28(2,3)36-27(34)32-12-10-17(11-13-32)16-35-19-7-9-20-22(15-19)29(4,5)26-24(25(20)33)21-8-6-18(30)14-23(21)31-26/h6-9,15,17,23,31H,10-14,16H2,1-5H3. The van der Waals surface area contributed by atoms with E-state index < -0.39 is 5.60 Å². The van der Waals surface area contributed by atoms with E-state index in [1.165, 1.54) is 0 Å². The average molecular weight is 556 g/mol. The zero-order valence-corrected chi connectivity index (χ0v) is 23.3. The first-order valence-electron chi connectivity index (χ1n) is 12.8. The molecule has 1 aromatic rings. The molecule has 0 bridgehead atoms. The maximum atomic E-state index is 13.6. The number of piperidine rings is 1. The number of Topliss-reactive ketones (excluding diaryl/α,β-unsaturated/α-hetero) is 1. The molecule has 1 saturated heterocycles. The lowest BCUT2D eigenvalue weighted by Crippen LogP contribution is -2.42. The Bertz CT molecular complexity index is 1200. The number of ketones is 1. The Morgan fingerprint density at radius 2 is 1.92 bits per heavy atom. The number of likely N-dealkylation sites (tertiary alicyclic amines) is 1. The summed E-state index contributed by atoms with van der Waals surface area (Å²) >= 11 is 3.61. The first-order chi connectivity index (χ1) is 16.9. The minimum Gasteiger partial charge on any atom is -0.493 e. The predicted octanol–water partition coefficient (Wildman–Crippen LogP) is 6.02. The molecule has 0 saturated carbocycles. The fraction of sp³-hybridized carbons (Fsp3) is 0.517. The Kier molecular flexibility index (Phi) is 6.34. The van der Waals surface area contributed by atoms with Crippen LogP contribution in [0.2, 0.25) is 0 Å². The molecule has 1 atom stereocenters. The minimum atomic E-state index is -0.480. The van der Waals surface area contributed by atoms with Crippen molar-refractivity contribution in [3.8, 4) is 5.75 Å². The van der Waals surface area contributed by atoms with Gasteiger partial charge in [-0.15, -0.1) is 0 Å². The van der Waals surface area contributed by atoms with Gasteiger partial charge in [-0.25, -0.2) is 4.79 Å². The SMILES string of the molecule is CC(C)(C)OC(=O)N1CCC(COc2ccc3c(c2)C(C)(C)C2=C(C3=O)C3=CC=C(Br)CC3N2)CC1. The molecule has 2 aliphatic heterocycles. The van der Waals surface area contributed by atoms with Crippen molar-refractivity contribution < 1.29 is 19.1 Å². The van der Waals surface area contributed by atoms with Gasteiger partial charge < -0.3 is 19.7 Å². The van der Waals surface area contributed by atoms with Crippen LogP contribution in [0.3, 0.4) is 0 Å².